The first-order chi connectivity index (χ1) is 12.0. The van der Waals surface area contributed by atoms with Gasteiger partial charge in [-0.2, -0.15) is 0 Å². The van der Waals surface area contributed by atoms with Crippen molar-refractivity contribution in [1.82, 2.24) is 10.2 Å². The summed E-state index contributed by atoms with van der Waals surface area (Å²) in [5.74, 6) is 1.37. The molecular weight excluding hydrogens is 332 g/mol. The van der Waals surface area contributed by atoms with Gasteiger partial charge in [0.05, 0.1) is 18.1 Å². The minimum atomic E-state index is 0.0506. The molecule has 1 aromatic carbocycles. The van der Waals surface area contributed by atoms with E-state index in [-0.39, 0.29) is 11.9 Å². The summed E-state index contributed by atoms with van der Waals surface area (Å²) >= 11 is 1.59. The van der Waals surface area contributed by atoms with Crippen molar-refractivity contribution < 1.29 is 9.21 Å². The van der Waals surface area contributed by atoms with Crippen LogP contribution in [0.15, 0.2) is 45.9 Å². The lowest BCUT2D eigenvalue weighted by Crippen LogP contribution is -2.38. The number of nitrogens with one attached hydrogen (secondary N) is 1. The van der Waals surface area contributed by atoms with E-state index in [0.29, 0.717) is 12.3 Å². The van der Waals surface area contributed by atoms with Crippen LogP contribution in [0.1, 0.15) is 36.8 Å². The van der Waals surface area contributed by atoms with E-state index in [1.807, 2.05) is 12.1 Å². The Balaban J connectivity index is 1.91. The smallest absolute Gasteiger partial charge is 0.230 e. The molecule has 0 spiro atoms. The van der Waals surface area contributed by atoms with Crippen LogP contribution in [-0.2, 0) is 4.79 Å². The van der Waals surface area contributed by atoms with Crippen molar-refractivity contribution in [2.75, 3.05) is 25.4 Å². The Bertz CT molecular complexity index is 666. The third-order valence-corrected chi connectivity index (χ3v) is 5.48. The number of carbonyl (C=O) groups is 1. The van der Waals surface area contributed by atoms with Crippen LogP contribution in [0.5, 0.6) is 0 Å². The molecule has 1 amide bonds. The van der Waals surface area contributed by atoms with E-state index in [1.54, 1.807) is 18.0 Å². The van der Waals surface area contributed by atoms with E-state index < -0.39 is 0 Å². The topological polar surface area (TPSA) is 45.5 Å². The van der Waals surface area contributed by atoms with Crippen molar-refractivity contribution in [1.29, 1.82) is 0 Å². The molecule has 2 aromatic rings. The van der Waals surface area contributed by atoms with Crippen LogP contribution in [0.2, 0.25) is 0 Å². The van der Waals surface area contributed by atoms with Crippen LogP contribution in [-0.4, -0.2) is 36.2 Å². The summed E-state index contributed by atoms with van der Waals surface area (Å²) in [5.41, 5.74) is 2.42. The lowest BCUT2D eigenvalue weighted by Gasteiger charge is -2.28. The zero-order valence-corrected chi connectivity index (χ0v) is 16.4. The zero-order valence-electron chi connectivity index (χ0n) is 15.5. The fourth-order valence-corrected chi connectivity index (χ4v) is 3.78. The molecule has 5 heteroatoms. The lowest BCUT2D eigenvalue weighted by atomic mass is 10.2. The fourth-order valence-electron chi connectivity index (χ4n) is 2.82. The molecule has 1 atom stereocenters. The molecule has 1 unspecified atom stereocenters. The summed E-state index contributed by atoms with van der Waals surface area (Å²) in [6.45, 7) is 10.8. The predicted molar refractivity (Wildman–Crippen MR) is 104 cm³/mol. The third kappa shape index (κ3) is 5.65. The Hall–Kier alpha value is -1.72. The number of carbonyl (C=O) groups excluding carboxylic acids is 1. The number of thioether (sulfide) groups is 1. The second-order valence-corrected chi connectivity index (χ2v) is 7.13. The number of nitrogens with zero attached hydrogens (tertiary/aromatic N) is 1. The minimum absolute atomic E-state index is 0.0506. The van der Waals surface area contributed by atoms with Crippen molar-refractivity contribution in [3.8, 4) is 0 Å². The Morgan fingerprint density at radius 3 is 2.64 bits per heavy atom. The van der Waals surface area contributed by atoms with Crippen LogP contribution in [0.3, 0.4) is 0 Å². The molecule has 1 aromatic heterocycles. The van der Waals surface area contributed by atoms with Gasteiger partial charge in [-0.1, -0.05) is 31.5 Å². The normalized spacial score (nSPS) is 12.4. The molecule has 0 radical (unpaired) electrons. The van der Waals surface area contributed by atoms with Gasteiger partial charge in [0.25, 0.3) is 0 Å². The maximum Gasteiger partial charge on any atom is 0.230 e. The molecule has 0 bridgehead atoms. The average molecular weight is 361 g/mol. The summed E-state index contributed by atoms with van der Waals surface area (Å²) in [4.78, 5) is 15.8. The average Bonchev–Trinajstić information content (AvgIpc) is 3.13. The number of hydrogen-bond donors (Lipinski definition) is 1. The molecule has 25 heavy (non-hydrogen) atoms. The number of benzene rings is 1. The summed E-state index contributed by atoms with van der Waals surface area (Å²) in [5, 5.41) is 3.06. The molecule has 0 aliphatic rings. The molecule has 1 heterocycles. The van der Waals surface area contributed by atoms with Crippen molar-refractivity contribution >= 4 is 17.7 Å². The van der Waals surface area contributed by atoms with Gasteiger partial charge in [-0.3, -0.25) is 9.69 Å². The van der Waals surface area contributed by atoms with Gasteiger partial charge in [0.1, 0.15) is 5.76 Å². The molecule has 0 fully saturated rings. The molecule has 0 aliphatic carbocycles. The van der Waals surface area contributed by atoms with Gasteiger partial charge in [-0.25, -0.2) is 0 Å². The quantitative estimate of drug-likeness (QED) is 0.681. The van der Waals surface area contributed by atoms with Crippen LogP contribution >= 0.6 is 11.8 Å². The largest absolute Gasteiger partial charge is 0.468 e. The molecule has 0 saturated heterocycles. The number of likely N-dealkylation sites (N-methyl/N-ethyl adjacent to an activating group) is 1. The SMILES string of the molecule is CCN(CC)C(CNC(=O)CSc1cc(C)ccc1C)c1ccco1. The summed E-state index contributed by atoms with van der Waals surface area (Å²) in [7, 11) is 0. The van der Waals surface area contributed by atoms with Crippen LogP contribution < -0.4 is 5.32 Å². The number of furan rings is 1. The first kappa shape index (κ1) is 19.6. The Morgan fingerprint density at radius 2 is 2.00 bits per heavy atom. The van der Waals surface area contributed by atoms with E-state index in [1.165, 1.54) is 16.0 Å². The van der Waals surface area contributed by atoms with E-state index in [9.17, 15) is 4.79 Å². The lowest BCUT2D eigenvalue weighted by molar-refractivity contribution is -0.118. The number of aryl methyl sites for hydroxylation is 2. The minimum Gasteiger partial charge on any atom is -0.468 e. The first-order valence-electron chi connectivity index (χ1n) is 8.79. The van der Waals surface area contributed by atoms with Crippen molar-refractivity contribution in [3.05, 3.63) is 53.5 Å². The molecule has 2 rings (SSSR count). The molecule has 136 valence electrons. The summed E-state index contributed by atoms with van der Waals surface area (Å²) in [6, 6.07) is 10.3. The monoisotopic (exact) mass is 360 g/mol. The summed E-state index contributed by atoms with van der Waals surface area (Å²) in [6.07, 6.45) is 1.68. The van der Waals surface area contributed by atoms with Crippen molar-refractivity contribution in [2.24, 2.45) is 0 Å². The van der Waals surface area contributed by atoms with Gasteiger partial charge in [-0.15, -0.1) is 11.8 Å². The highest BCUT2D eigenvalue weighted by atomic mass is 32.2. The van der Waals surface area contributed by atoms with Gasteiger partial charge >= 0.3 is 0 Å². The molecule has 0 saturated carbocycles. The van der Waals surface area contributed by atoms with Gasteiger partial charge in [-0.05, 0) is 50.7 Å². The van der Waals surface area contributed by atoms with Crippen LogP contribution in [0, 0.1) is 13.8 Å². The maximum absolute atomic E-state index is 12.3. The predicted octanol–water partition coefficient (Wildman–Crippen LogP) is 4.19. The Morgan fingerprint density at radius 1 is 1.24 bits per heavy atom. The van der Waals surface area contributed by atoms with Crippen molar-refractivity contribution in [3.63, 3.8) is 0 Å². The standard InChI is InChI=1S/C20H28N2O2S/c1-5-22(6-2)17(18-8-7-11-24-18)13-21-20(23)14-25-19-12-15(3)9-10-16(19)4/h7-12,17H,5-6,13-14H2,1-4H3,(H,21,23). The highest BCUT2D eigenvalue weighted by molar-refractivity contribution is 8.00. The van der Waals surface area contributed by atoms with Crippen molar-refractivity contribution in [2.45, 2.75) is 38.6 Å². The van der Waals surface area contributed by atoms with Crippen LogP contribution in [0.4, 0.5) is 0 Å². The first-order valence-corrected chi connectivity index (χ1v) is 9.77. The Labute approximate surface area is 155 Å². The van der Waals surface area contributed by atoms with Gasteiger partial charge in [0.15, 0.2) is 0 Å². The zero-order chi connectivity index (χ0) is 18.2. The van der Waals surface area contributed by atoms with E-state index in [0.717, 1.165) is 18.8 Å². The van der Waals surface area contributed by atoms with Gasteiger partial charge in [0, 0.05) is 11.4 Å². The van der Waals surface area contributed by atoms with Gasteiger partial charge < -0.3 is 9.73 Å². The van der Waals surface area contributed by atoms with Gasteiger partial charge in [0.2, 0.25) is 5.91 Å². The van der Waals surface area contributed by atoms with Crippen LogP contribution in [0.25, 0.3) is 0 Å². The van der Waals surface area contributed by atoms with E-state index in [4.69, 9.17) is 4.42 Å². The van der Waals surface area contributed by atoms with E-state index >= 15 is 0 Å². The number of amides is 1. The second kappa shape index (κ2) is 9.68. The highest BCUT2D eigenvalue weighted by Gasteiger charge is 2.21. The number of hydrogen-bond acceptors (Lipinski definition) is 4. The molecule has 0 aliphatic heterocycles. The summed E-state index contributed by atoms with van der Waals surface area (Å²) < 4.78 is 5.57. The molecule has 1 N–H and O–H groups in total. The number of rotatable bonds is 9. The Kier molecular flexibility index (Phi) is 7.59. The fraction of sp³-hybridized carbons (Fsp3) is 0.450. The molecule has 4 nitrogen and oxygen atoms in total. The second-order valence-electron chi connectivity index (χ2n) is 6.11. The molecular formula is C20H28N2O2S. The van der Waals surface area contributed by atoms with E-state index in [2.05, 4.69) is 56.1 Å². The highest BCUT2D eigenvalue weighted by Crippen LogP contribution is 2.24. The third-order valence-electron chi connectivity index (χ3n) is 4.32. The maximum atomic E-state index is 12.3.